The Morgan fingerprint density at radius 1 is 1.44 bits per heavy atom. The molecule has 0 unspecified atom stereocenters. The first kappa shape index (κ1) is 12.8. The lowest BCUT2D eigenvalue weighted by Crippen LogP contribution is -2.31. The van der Waals surface area contributed by atoms with Crippen LogP contribution in [0.4, 0.5) is 18.9 Å². The lowest BCUT2D eigenvalue weighted by Gasteiger charge is -2.23. The summed E-state index contributed by atoms with van der Waals surface area (Å²) in [4.78, 5) is 5.07. The van der Waals surface area contributed by atoms with Gasteiger partial charge in [0, 0.05) is 37.2 Å². The normalized spacial score (nSPS) is 11.6. The zero-order valence-corrected chi connectivity index (χ0v) is 9.17. The highest BCUT2D eigenvalue weighted by Crippen LogP contribution is 2.23. The van der Waals surface area contributed by atoms with Crippen LogP contribution >= 0.6 is 0 Å². The van der Waals surface area contributed by atoms with Gasteiger partial charge in [0.15, 0.2) is 0 Å². The Morgan fingerprint density at radius 3 is 2.69 bits per heavy atom. The smallest absolute Gasteiger partial charge is 0.365 e. The van der Waals surface area contributed by atoms with Gasteiger partial charge < -0.3 is 10.2 Å². The average molecular weight is 233 g/mol. The van der Waals surface area contributed by atoms with Crippen LogP contribution in [-0.2, 0) is 6.54 Å². The van der Waals surface area contributed by atoms with Crippen LogP contribution in [0.3, 0.4) is 0 Å². The summed E-state index contributed by atoms with van der Waals surface area (Å²) in [7, 11) is 3.16. The Bertz CT molecular complexity index is 338. The first-order valence-electron chi connectivity index (χ1n) is 4.79. The Labute approximate surface area is 92.3 Å². The lowest BCUT2D eigenvalue weighted by molar-refractivity contribution is -0.119. The summed E-state index contributed by atoms with van der Waals surface area (Å²) in [6.07, 6.45) is -1.14. The quantitative estimate of drug-likeness (QED) is 0.859. The molecular weight excluding hydrogens is 219 g/mol. The van der Waals surface area contributed by atoms with Gasteiger partial charge in [0.2, 0.25) is 0 Å². The van der Waals surface area contributed by atoms with Crippen LogP contribution in [0.15, 0.2) is 18.5 Å². The van der Waals surface area contributed by atoms with Crippen LogP contribution in [0.2, 0.25) is 0 Å². The molecule has 0 spiro atoms. The highest BCUT2D eigenvalue weighted by Gasteiger charge is 2.29. The molecule has 6 heteroatoms. The molecule has 0 amide bonds. The minimum Gasteiger partial charge on any atom is -0.365 e. The van der Waals surface area contributed by atoms with Crippen molar-refractivity contribution in [1.29, 1.82) is 0 Å². The van der Waals surface area contributed by atoms with Crippen molar-refractivity contribution in [3.8, 4) is 0 Å². The van der Waals surface area contributed by atoms with Gasteiger partial charge in [-0.05, 0) is 13.1 Å². The third-order valence-corrected chi connectivity index (χ3v) is 2.07. The van der Waals surface area contributed by atoms with Crippen molar-refractivity contribution in [2.24, 2.45) is 0 Å². The molecule has 3 nitrogen and oxygen atoms in total. The van der Waals surface area contributed by atoms with Gasteiger partial charge in [-0.3, -0.25) is 4.98 Å². The second kappa shape index (κ2) is 5.16. The van der Waals surface area contributed by atoms with E-state index in [1.165, 1.54) is 18.1 Å². The van der Waals surface area contributed by atoms with Gasteiger partial charge in [-0.2, -0.15) is 13.2 Å². The number of nitrogens with zero attached hydrogens (tertiary/aromatic N) is 2. The van der Waals surface area contributed by atoms with Crippen molar-refractivity contribution in [3.05, 3.63) is 24.0 Å². The van der Waals surface area contributed by atoms with Crippen LogP contribution in [0.5, 0.6) is 0 Å². The average Bonchev–Trinajstić information content (AvgIpc) is 2.16. The third kappa shape index (κ3) is 3.69. The van der Waals surface area contributed by atoms with E-state index in [1.54, 1.807) is 19.3 Å². The van der Waals surface area contributed by atoms with E-state index >= 15 is 0 Å². The SMILES string of the molecule is CNCc1cnccc1N(C)CC(F)(F)F. The fourth-order valence-corrected chi connectivity index (χ4v) is 1.47. The van der Waals surface area contributed by atoms with Crippen molar-refractivity contribution in [1.82, 2.24) is 10.3 Å². The van der Waals surface area contributed by atoms with Crippen molar-refractivity contribution in [3.63, 3.8) is 0 Å². The Morgan fingerprint density at radius 2 is 2.12 bits per heavy atom. The fraction of sp³-hybridized carbons (Fsp3) is 0.500. The lowest BCUT2D eigenvalue weighted by atomic mass is 10.2. The van der Waals surface area contributed by atoms with E-state index in [2.05, 4.69) is 10.3 Å². The second-order valence-corrected chi connectivity index (χ2v) is 3.51. The molecule has 0 atom stereocenters. The molecule has 0 fully saturated rings. The van der Waals surface area contributed by atoms with Gasteiger partial charge in [0.1, 0.15) is 6.54 Å². The number of aromatic nitrogens is 1. The summed E-state index contributed by atoms with van der Waals surface area (Å²) in [5.41, 5.74) is 1.29. The predicted molar refractivity (Wildman–Crippen MR) is 56.3 cm³/mol. The maximum atomic E-state index is 12.2. The summed E-state index contributed by atoms with van der Waals surface area (Å²) in [6.45, 7) is -0.473. The number of hydrogen-bond acceptors (Lipinski definition) is 3. The van der Waals surface area contributed by atoms with Gasteiger partial charge in [-0.25, -0.2) is 0 Å². The molecule has 0 aliphatic carbocycles. The van der Waals surface area contributed by atoms with Crippen LogP contribution < -0.4 is 10.2 Å². The van der Waals surface area contributed by atoms with Crippen molar-refractivity contribution in [2.45, 2.75) is 12.7 Å². The highest BCUT2D eigenvalue weighted by molar-refractivity contribution is 5.51. The number of halogens is 3. The standard InChI is InChI=1S/C10H14F3N3/c1-14-5-8-6-15-4-3-9(8)16(2)7-10(11,12)13/h3-4,6,14H,5,7H2,1-2H3. The minimum absolute atomic E-state index is 0.491. The van der Waals surface area contributed by atoms with Gasteiger partial charge >= 0.3 is 6.18 Å². The summed E-state index contributed by atoms with van der Waals surface area (Å²) in [6, 6.07) is 1.58. The zero-order chi connectivity index (χ0) is 12.2. The maximum absolute atomic E-state index is 12.2. The van der Waals surface area contributed by atoms with E-state index in [-0.39, 0.29) is 0 Å². The van der Waals surface area contributed by atoms with Crippen LogP contribution in [0, 0.1) is 0 Å². The Hall–Kier alpha value is -1.30. The predicted octanol–water partition coefficient (Wildman–Crippen LogP) is 1.80. The monoisotopic (exact) mass is 233 g/mol. The number of alkyl halides is 3. The van der Waals surface area contributed by atoms with E-state index in [4.69, 9.17) is 0 Å². The molecule has 0 aliphatic heterocycles. The molecule has 1 heterocycles. The molecule has 0 saturated carbocycles. The molecule has 0 radical (unpaired) electrons. The Kier molecular flexibility index (Phi) is 4.12. The molecule has 1 aromatic rings. The van der Waals surface area contributed by atoms with Gasteiger partial charge in [0.05, 0.1) is 0 Å². The highest BCUT2D eigenvalue weighted by atomic mass is 19.4. The third-order valence-electron chi connectivity index (χ3n) is 2.07. The Balaban J connectivity index is 2.85. The van der Waals surface area contributed by atoms with Crippen LogP contribution in [0.25, 0.3) is 0 Å². The molecule has 0 aliphatic rings. The molecular formula is C10H14F3N3. The summed E-state index contributed by atoms with van der Waals surface area (Å²) in [5, 5.41) is 2.89. The minimum atomic E-state index is -4.20. The van der Waals surface area contributed by atoms with E-state index in [1.807, 2.05) is 0 Å². The first-order valence-corrected chi connectivity index (χ1v) is 4.79. The molecule has 0 bridgehead atoms. The van der Waals surface area contributed by atoms with Crippen molar-refractivity contribution < 1.29 is 13.2 Å². The number of pyridine rings is 1. The molecule has 0 aromatic carbocycles. The summed E-state index contributed by atoms with van der Waals surface area (Å²) in [5.74, 6) is 0. The van der Waals surface area contributed by atoms with Gasteiger partial charge in [0.25, 0.3) is 0 Å². The number of rotatable bonds is 4. The summed E-state index contributed by atoms with van der Waals surface area (Å²) < 4.78 is 36.7. The maximum Gasteiger partial charge on any atom is 0.405 e. The van der Waals surface area contributed by atoms with Crippen LogP contribution in [0.1, 0.15) is 5.56 Å². The largest absolute Gasteiger partial charge is 0.405 e. The van der Waals surface area contributed by atoms with Gasteiger partial charge in [-0.1, -0.05) is 0 Å². The zero-order valence-electron chi connectivity index (χ0n) is 9.17. The molecule has 1 N–H and O–H groups in total. The van der Waals surface area contributed by atoms with Crippen LogP contribution in [-0.4, -0.2) is 31.8 Å². The topological polar surface area (TPSA) is 28.2 Å². The molecule has 16 heavy (non-hydrogen) atoms. The molecule has 1 rings (SSSR count). The van der Waals surface area contributed by atoms with E-state index in [0.717, 1.165) is 5.56 Å². The number of nitrogens with one attached hydrogen (secondary N) is 1. The number of anilines is 1. The molecule has 1 aromatic heterocycles. The second-order valence-electron chi connectivity index (χ2n) is 3.51. The molecule has 0 saturated heterocycles. The van der Waals surface area contributed by atoms with E-state index in [0.29, 0.717) is 12.2 Å². The summed E-state index contributed by atoms with van der Waals surface area (Å²) >= 11 is 0. The van der Waals surface area contributed by atoms with Gasteiger partial charge in [-0.15, -0.1) is 0 Å². The van der Waals surface area contributed by atoms with E-state index in [9.17, 15) is 13.2 Å². The molecule has 90 valence electrons. The van der Waals surface area contributed by atoms with Crippen molar-refractivity contribution >= 4 is 5.69 Å². The van der Waals surface area contributed by atoms with Crippen molar-refractivity contribution in [2.75, 3.05) is 25.5 Å². The number of hydrogen-bond donors (Lipinski definition) is 1. The first-order chi connectivity index (χ1) is 7.44. The fourth-order valence-electron chi connectivity index (χ4n) is 1.47. The van der Waals surface area contributed by atoms with E-state index < -0.39 is 12.7 Å².